The zero-order chi connectivity index (χ0) is 18.6. The molecule has 0 bridgehead atoms. The summed E-state index contributed by atoms with van der Waals surface area (Å²) in [6, 6.07) is 14.2. The van der Waals surface area contributed by atoms with Crippen molar-refractivity contribution in [2.45, 2.75) is 46.3 Å². The van der Waals surface area contributed by atoms with Crippen molar-refractivity contribution in [1.29, 1.82) is 0 Å². The molecular weight excluding hydrogens is 316 g/mol. The van der Waals surface area contributed by atoms with E-state index >= 15 is 0 Å². The second-order valence-electron chi connectivity index (χ2n) is 6.79. The van der Waals surface area contributed by atoms with Crippen LogP contribution in [0.2, 0.25) is 0 Å². The molecule has 132 valence electrons. The standard InChI is InChI=1S/C21H24O4/c1-14(2)24-20(23)21(4,5)25-18-12-10-17(11-13-18)19(22)16-8-6-15(3)7-9-16/h6-14H,1-5H3. The van der Waals surface area contributed by atoms with E-state index in [1.165, 1.54) is 0 Å². The highest BCUT2D eigenvalue weighted by Gasteiger charge is 2.32. The quantitative estimate of drug-likeness (QED) is 0.580. The highest BCUT2D eigenvalue weighted by molar-refractivity contribution is 6.09. The van der Waals surface area contributed by atoms with E-state index in [2.05, 4.69) is 0 Å². The Balaban J connectivity index is 2.10. The molecule has 0 saturated carbocycles. The molecule has 0 N–H and O–H groups in total. The summed E-state index contributed by atoms with van der Waals surface area (Å²) in [6.45, 7) is 8.87. The van der Waals surface area contributed by atoms with Gasteiger partial charge in [-0.3, -0.25) is 4.79 Å². The first kappa shape index (κ1) is 18.7. The largest absolute Gasteiger partial charge is 0.476 e. The van der Waals surface area contributed by atoms with E-state index in [9.17, 15) is 9.59 Å². The van der Waals surface area contributed by atoms with E-state index in [1.807, 2.05) is 31.2 Å². The number of ketones is 1. The zero-order valence-corrected chi connectivity index (χ0v) is 15.3. The summed E-state index contributed by atoms with van der Waals surface area (Å²) in [7, 11) is 0. The molecule has 25 heavy (non-hydrogen) atoms. The Kier molecular flexibility index (Phi) is 5.62. The molecule has 0 spiro atoms. The second kappa shape index (κ2) is 7.51. The van der Waals surface area contributed by atoms with E-state index in [-0.39, 0.29) is 11.9 Å². The molecule has 0 saturated heterocycles. The van der Waals surface area contributed by atoms with Crippen molar-refractivity contribution >= 4 is 11.8 Å². The van der Waals surface area contributed by atoms with Crippen LogP contribution >= 0.6 is 0 Å². The lowest BCUT2D eigenvalue weighted by molar-refractivity contribution is -0.163. The molecule has 4 heteroatoms. The van der Waals surface area contributed by atoms with Gasteiger partial charge in [-0.2, -0.15) is 0 Å². The van der Waals surface area contributed by atoms with Gasteiger partial charge < -0.3 is 9.47 Å². The van der Waals surface area contributed by atoms with Gasteiger partial charge in [-0.15, -0.1) is 0 Å². The van der Waals surface area contributed by atoms with Crippen LogP contribution in [0.25, 0.3) is 0 Å². The first-order valence-electron chi connectivity index (χ1n) is 8.30. The molecule has 0 aliphatic heterocycles. The van der Waals surface area contributed by atoms with Crippen LogP contribution < -0.4 is 4.74 Å². The van der Waals surface area contributed by atoms with Gasteiger partial charge in [0.1, 0.15) is 5.75 Å². The first-order valence-corrected chi connectivity index (χ1v) is 8.30. The number of carbonyl (C=O) groups is 2. The van der Waals surface area contributed by atoms with Crippen LogP contribution in [0.4, 0.5) is 0 Å². The van der Waals surface area contributed by atoms with Crippen LogP contribution in [0.5, 0.6) is 5.75 Å². The fraction of sp³-hybridized carbons (Fsp3) is 0.333. The van der Waals surface area contributed by atoms with Gasteiger partial charge in [0.05, 0.1) is 6.10 Å². The average Bonchev–Trinajstić information content (AvgIpc) is 2.54. The van der Waals surface area contributed by atoms with Gasteiger partial charge in [0.2, 0.25) is 0 Å². The number of hydrogen-bond donors (Lipinski definition) is 0. The van der Waals surface area contributed by atoms with Crippen molar-refractivity contribution < 1.29 is 19.1 Å². The summed E-state index contributed by atoms with van der Waals surface area (Å²) in [5, 5.41) is 0. The lowest BCUT2D eigenvalue weighted by Crippen LogP contribution is -2.40. The molecule has 0 fully saturated rings. The number of ether oxygens (including phenoxy) is 2. The smallest absolute Gasteiger partial charge is 0.350 e. The van der Waals surface area contributed by atoms with Crippen molar-refractivity contribution in [3.8, 4) is 5.75 Å². The van der Waals surface area contributed by atoms with E-state index in [4.69, 9.17) is 9.47 Å². The van der Waals surface area contributed by atoms with Crippen LogP contribution in [-0.2, 0) is 9.53 Å². The lowest BCUT2D eigenvalue weighted by Gasteiger charge is -2.25. The number of aryl methyl sites for hydroxylation is 1. The second-order valence-corrected chi connectivity index (χ2v) is 6.79. The maximum Gasteiger partial charge on any atom is 0.350 e. The molecule has 0 amide bonds. The molecule has 4 nitrogen and oxygen atoms in total. The Morgan fingerprint density at radius 3 is 1.84 bits per heavy atom. The number of benzene rings is 2. The molecule has 2 aromatic rings. The molecule has 0 aliphatic rings. The number of carbonyl (C=O) groups excluding carboxylic acids is 2. The summed E-state index contributed by atoms with van der Waals surface area (Å²) in [6.07, 6.45) is -0.204. The Hall–Kier alpha value is -2.62. The molecule has 0 unspecified atom stereocenters. The number of rotatable bonds is 6. The normalized spacial score (nSPS) is 11.3. The van der Waals surface area contributed by atoms with Gasteiger partial charge in [-0.1, -0.05) is 29.8 Å². The third-order valence-electron chi connectivity index (χ3n) is 3.64. The summed E-state index contributed by atoms with van der Waals surface area (Å²) < 4.78 is 10.9. The fourth-order valence-corrected chi connectivity index (χ4v) is 2.24. The van der Waals surface area contributed by atoms with E-state index < -0.39 is 11.6 Å². The molecule has 0 aromatic heterocycles. The summed E-state index contributed by atoms with van der Waals surface area (Å²) in [5.41, 5.74) is 1.21. The summed E-state index contributed by atoms with van der Waals surface area (Å²) in [4.78, 5) is 24.5. The van der Waals surface area contributed by atoms with Crippen molar-refractivity contribution in [3.63, 3.8) is 0 Å². The van der Waals surface area contributed by atoms with Gasteiger partial charge in [-0.25, -0.2) is 4.79 Å². The first-order chi connectivity index (χ1) is 11.7. The van der Waals surface area contributed by atoms with Crippen LogP contribution in [0.15, 0.2) is 48.5 Å². The third-order valence-corrected chi connectivity index (χ3v) is 3.64. The van der Waals surface area contributed by atoms with Crippen molar-refractivity contribution in [2.75, 3.05) is 0 Å². The SMILES string of the molecule is Cc1ccc(C(=O)c2ccc(OC(C)(C)C(=O)OC(C)C)cc2)cc1. The van der Waals surface area contributed by atoms with Gasteiger partial charge in [0, 0.05) is 11.1 Å². The number of hydrogen-bond acceptors (Lipinski definition) is 4. The Bertz CT molecular complexity index is 740. The van der Waals surface area contributed by atoms with Crippen LogP contribution in [0, 0.1) is 6.92 Å². The maximum absolute atomic E-state index is 12.5. The highest BCUT2D eigenvalue weighted by atomic mass is 16.6. The molecule has 0 heterocycles. The van der Waals surface area contributed by atoms with Gasteiger partial charge in [0.25, 0.3) is 0 Å². The van der Waals surface area contributed by atoms with Gasteiger partial charge in [0.15, 0.2) is 11.4 Å². The number of esters is 1. The van der Waals surface area contributed by atoms with E-state index in [0.717, 1.165) is 5.56 Å². The topological polar surface area (TPSA) is 52.6 Å². The molecule has 0 atom stereocenters. The summed E-state index contributed by atoms with van der Waals surface area (Å²) >= 11 is 0. The minimum atomic E-state index is -1.10. The average molecular weight is 340 g/mol. The fourth-order valence-electron chi connectivity index (χ4n) is 2.24. The third kappa shape index (κ3) is 4.92. The molecule has 0 aliphatic carbocycles. The van der Waals surface area contributed by atoms with Crippen molar-refractivity contribution in [3.05, 3.63) is 65.2 Å². The van der Waals surface area contributed by atoms with Crippen LogP contribution in [-0.4, -0.2) is 23.5 Å². The van der Waals surface area contributed by atoms with Crippen LogP contribution in [0.3, 0.4) is 0 Å². The highest BCUT2D eigenvalue weighted by Crippen LogP contribution is 2.22. The Labute approximate surface area is 148 Å². The molecule has 2 aromatic carbocycles. The van der Waals surface area contributed by atoms with Gasteiger partial charge in [-0.05, 0) is 58.9 Å². The van der Waals surface area contributed by atoms with Crippen LogP contribution in [0.1, 0.15) is 49.2 Å². The van der Waals surface area contributed by atoms with E-state index in [1.54, 1.807) is 52.0 Å². The molecular formula is C21H24O4. The molecule has 0 radical (unpaired) electrons. The molecule has 2 rings (SSSR count). The zero-order valence-electron chi connectivity index (χ0n) is 15.3. The maximum atomic E-state index is 12.5. The van der Waals surface area contributed by atoms with Crippen molar-refractivity contribution in [2.24, 2.45) is 0 Å². The Morgan fingerprint density at radius 1 is 0.880 bits per heavy atom. The van der Waals surface area contributed by atoms with E-state index in [0.29, 0.717) is 16.9 Å². The van der Waals surface area contributed by atoms with Crippen molar-refractivity contribution in [1.82, 2.24) is 0 Å². The summed E-state index contributed by atoms with van der Waals surface area (Å²) in [5.74, 6) is 0.0264. The van der Waals surface area contributed by atoms with Gasteiger partial charge >= 0.3 is 5.97 Å². The lowest BCUT2D eigenvalue weighted by atomic mass is 10.0. The minimum Gasteiger partial charge on any atom is -0.476 e. The predicted octanol–water partition coefficient (Wildman–Crippen LogP) is 4.34. The Morgan fingerprint density at radius 2 is 1.36 bits per heavy atom. The minimum absolute atomic E-state index is 0.0509. The monoisotopic (exact) mass is 340 g/mol. The predicted molar refractivity (Wildman–Crippen MR) is 97.0 cm³/mol.